The number of hydrogen-bond donors (Lipinski definition) is 2. The van der Waals surface area contributed by atoms with Crippen LogP contribution in [0.5, 0.6) is 0 Å². The van der Waals surface area contributed by atoms with Gasteiger partial charge in [-0.2, -0.15) is 18.3 Å². The maximum atomic E-state index is 13.1. The van der Waals surface area contributed by atoms with E-state index in [9.17, 15) is 18.0 Å². The average molecular weight is 479 g/mol. The third kappa shape index (κ3) is 5.28. The molecule has 0 atom stereocenters. The first kappa shape index (κ1) is 23.1. The average Bonchev–Trinajstić information content (AvgIpc) is 3.19. The van der Waals surface area contributed by atoms with E-state index in [0.717, 1.165) is 17.3 Å². The second-order valence-electron chi connectivity index (χ2n) is 7.81. The zero-order chi connectivity index (χ0) is 23.6. The number of halogens is 4. The topological polar surface area (TPSA) is 77.2 Å². The molecule has 4 rings (SSSR count). The van der Waals surface area contributed by atoms with Crippen LogP contribution in [0, 0.1) is 6.92 Å². The van der Waals surface area contributed by atoms with E-state index in [2.05, 4.69) is 25.4 Å². The predicted molar refractivity (Wildman–Crippen MR) is 118 cm³/mol. The van der Waals surface area contributed by atoms with Gasteiger partial charge < -0.3 is 10.2 Å². The summed E-state index contributed by atoms with van der Waals surface area (Å²) in [7, 11) is 0. The lowest BCUT2D eigenvalue weighted by Gasteiger charge is -2.35. The van der Waals surface area contributed by atoms with Crippen molar-refractivity contribution < 1.29 is 18.0 Å². The molecule has 2 N–H and O–H groups in total. The van der Waals surface area contributed by atoms with Crippen molar-refractivity contribution in [3.8, 4) is 0 Å². The second kappa shape index (κ2) is 9.40. The number of aryl methyl sites for hydroxylation is 1. The van der Waals surface area contributed by atoms with Gasteiger partial charge in [-0.15, -0.1) is 0 Å². The van der Waals surface area contributed by atoms with Crippen molar-refractivity contribution >= 4 is 29.1 Å². The van der Waals surface area contributed by atoms with Gasteiger partial charge in [-0.05, 0) is 25.1 Å². The molecule has 0 saturated carbocycles. The Balaban J connectivity index is 1.40. The first-order chi connectivity index (χ1) is 15.7. The van der Waals surface area contributed by atoms with Crippen LogP contribution in [-0.4, -0.2) is 57.1 Å². The summed E-state index contributed by atoms with van der Waals surface area (Å²) in [5, 5.41) is 9.69. The van der Waals surface area contributed by atoms with E-state index in [-0.39, 0.29) is 5.56 Å². The molecule has 0 bridgehead atoms. The number of aromatic amines is 1. The SMILES string of the molecule is Cc1cc(Nc2ncccc2CN2CCN(C(=O)c3cccc(C(F)(F)F)c3Cl)CC2)n[nH]1. The van der Waals surface area contributed by atoms with Crippen molar-refractivity contribution in [2.45, 2.75) is 19.6 Å². The second-order valence-corrected chi connectivity index (χ2v) is 8.18. The molecular weight excluding hydrogens is 457 g/mol. The normalized spacial score (nSPS) is 15.0. The highest BCUT2D eigenvalue weighted by atomic mass is 35.5. The fraction of sp³-hybridized carbons (Fsp3) is 0.318. The van der Waals surface area contributed by atoms with Gasteiger partial charge in [0.25, 0.3) is 5.91 Å². The summed E-state index contributed by atoms with van der Waals surface area (Å²) in [6.45, 7) is 4.41. The van der Waals surface area contributed by atoms with Crippen molar-refractivity contribution in [2.75, 3.05) is 31.5 Å². The number of benzene rings is 1. The molecule has 1 aliphatic heterocycles. The number of piperazine rings is 1. The molecule has 0 unspecified atom stereocenters. The number of anilines is 2. The molecule has 174 valence electrons. The Hall–Kier alpha value is -3.11. The molecule has 1 aliphatic rings. The van der Waals surface area contributed by atoms with Crippen LogP contribution >= 0.6 is 11.6 Å². The van der Waals surface area contributed by atoms with Crippen LogP contribution in [0.3, 0.4) is 0 Å². The van der Waals surface area contributed by atoms with Crippen molar-refractivity contribution in [3.63, 3.8) is 0 Å². The van der Waals surface area contributed by atoms with Crippen LogP contribution in [0.4, 0.5) is 24.8 Å². The molecule has 1 fully saturated rings. The molecule has 0 spiro atoms. The van der Waals surface area contributed by atoms with Gasteiger partial charge >= 0.3 is 6.18 Å². The first-order valence-electron chi connectivity index (χ1n) is 10.3. The Morgan fingerprint density at radius 3 is 2.61 bits per heavy atom. The van der Waals surface area contributed by atoms with E-state index in [1.807, 2.05) is 25.1 Å². The van der Waals surface area contributed by atoms with E-state index in [1.165, 1.54) is 17.0 Å². The number of aromatic nitrogens is 3. The molecule has 11 heteroatoms. The van der Waals surface area contributed by atoms with Gasteiger partial charge in [-0.25, -0.2) is 4.98 Å². The summed E-state index contributed by atoms with van der Waals surface area (Å²) in [6, 6.07) is 9.11. The summed E-state index contributed by atoms with van der Waals surface area (Å²) in [5.41, 5.74) is 0.765. The Morgan fingerprint density at radius 1 is 1.18 bits per heavy atom. The number of rotatable bonds is 5. The minimum Gasteiger partial charge on any atom is -0.336 e. The maximum Gasteiger partial charge on any atom is 0.417 e. The zero-order valence-corrected chi connectivity index (χ0v) is 18.5. The number of carbonyl (C=O) groups is 1. The molecule has 0 radical (unpaired) electrons. The molecule has 3 aromatic rings. The monoisotopic (exact) mass is 478 g/mol. The molecule has 1 amide bonds. The zero-order valence-electron chi connectivity index (χ0n) is 17.8. The van der Waals surface area contributed by atoms with Crippen molar-refractivity contribution in [2.24, 2.45) is 0 Å². The van der Waals surface area contributed by atoms with Crippen LogP contribution in [-0.2, 0) is 12.7 Å². The number of pyridine rings is 1. The predicted octanol–water partition coefficient (Wildman–Crippen LogP) is 4.49. The number of alkyl halides is 3. The Bertz CT molecular complexity index is 1140. The minimum absolute atomic E-state index is 0.131. The third-order valence-corrected chi connectivity index (χ3v) is 5.84. The molecule has 2 aromatic heterocycles. The standard InChI is InChI=1S/C22H22ClF3N6O/c1-14-12-18(30-29-14)28-20-15(4-3-7-27-20)13-31-8-10-32(11-9-31)21(33)16-5-2-6-17(19(16)23)22(24,25)26/h2-7,12H,8-11,13H2,1H3,(H2,27,28,29,30). The first-order valence-corrected chi connectivity index (χ1v) is 10.7. The van der Waals surface area contributed by atoms with Gasteiger partial charge in [0, 0.05) is 56.2 Å². The Morgan fingerprint density at radius 2 is 1.94 bits per heavy atom. The lowest BCUT2D eigenvalue weighted by atomic mass is 10.1. The summed E-state index contributed by atoms with van der Waals surface area (Å²) in [5.74, 6) is 0.863. The van der Waals surface area contributed by atoms with E-state index in [1.54, 1.807) is 6.20 Å². The van der Waals surface area contributed by atoms with Gasteiger partial charge in [0.1, 0.15) is 5.82 Å². The molecule has 1 saturated heterocycles. The van der Waals surface area contributed by atoms with Crippen LogP contribution < -0.4 is 5.32 Å². The third-order valence-electron chi connectivity index (χ3n) is 5.43. The summed E-state index contributed by atoms with van der Waals surface area (Å²) in [4.78, 5) is 21.0. The molecular formula is C22H22ClF3N6O. The number of nitrogens with zero attached hydrogens (tertiary/aromatic N) is 4. The molecule has 7 nitrogen and oxygen atoms in total. The number of amides is 1. The molecule has 33 heavy (non-hydrogen) atoms. The number of H-pyrrole nitrogens is 1. The van der Waals surface area contributed by atoms with Crippen LogP contribution in [0.25, 0.3) is 0 Å². The Labute approximate surface area is 193 Å². The quantitative estimate of drug-likeness (QED) is 0.565. The Kier molecular flexibility index (Phi) is 6.57. The smallest absolute Gasteiger partial charge is 0.336 e. The van der Waals surface area contributed by atoms with Crippen molar-refractivity contribution in [1.29, 1.82) is 0 Å². The van der Waals surface area contributed by atoms with Gasteiger partial charge in [-0.3, -0.25) is 14.8 Å². The molecule has 1 aromatic carbocycles. The van der Waals surface area contributed by atoms with Gasteiger partial charge in [0.05, 0.1) is 16.1 Å². The summed E-state index contributed by atoms with van der Waals surface area (Å²) in [6.07, 6.45) is -2.92. The van der Waals surface area contributed by atoms with Gasteiger partial charge in [0.2, 0.25) is 0 Å². The highest BCUT2D eigenvalue weighted by molar-refractivity contribution is 6.34. The lowest BCUT2D eigenvalue weighted by molar-refractivity contribution is -0.137. The van der Waals surface area contributed by atoms with E-state index >= 15 is 0 Å². The highest BCUT2D eigenvalue weighted by Crippen LogP contribution is 2.36. The molecule has 0 aliphatic carbocycles. The van der Waals surface area contributed by atoms with Gasteiger partial charge in [-0.1, -0.05) is 23.7 Å². The number of carbonyl (C=O) groups excluding carboxylic acids is 1. The van der Waals surface area contributed by atoms with E-state index in [4.69, 9.17) is 11.6 Å². The highest BCUT2D eigenvalue weighted by Gasteiger charge is 2.35. The fourth-order valence-electron chi connectivity index (χ4n) is 3.72. The maximum absolute atomic E-state index is 13.1. The van der Waals surface area contributed by atoms with Gasteiger partial charge in [0.15, 0.2) is 5.82 Å². The lowest BCUT2D eigenvalue weighted by Crippen LogP contribution is -2.48. The van der Waals surface area contributed by atoms with E-state index in [0.29, 0.717) is 44.4 Å². The molecule has 3 heterocycles. The van der Waals surface area contributed by atoms with Crippen LogP contribution in [0.15, 0.2) is 42.6 Å². The van der Waals surface area contributed by atoms with Crippen molar-refractivity contribution in [1.82, 2.24) is 25.0 Å². The minimum atomic E-state index is -4.61. The summed E-state index contributed by atoms with van der Waals surface area (Å²) < 4.78 is 39.4. The van der Waals surface area contributed by atoms with Crippen molar-refractivity contribution in [3.05, 3.63) is 70.0 Å². The van der Waals surface area contributed by atoms with Crippen LogP contribution in [0.1, 0.15) is 27.2 Å². The van der Waals surface area contributed by atoms with Crippen LogP contribution in [0.2, 0.25) is 5.02 Å². The largest absolute Gasteiger partial charge is 0.417 e. The van der Waals surface area contributed by atoms with E-state index < -0.39 is 22.7 Å². The number of hydrogen-bond acceptors (Lipinski definition) is 5. The number of nitrogens with one attached hydrogen (secondary N) is 2. The fourth-order valence-corrected chi connectivity index (χ4v) is 4.03. The summed E-state index contributed by atoms with van der Waals surface area (Å²) >= 11 is 5.93.